The van der Waals surface area contributed by atoms with Crippen molar-refractivity contribution in [2.24, 2.45) is 0 Å². The Morgan fingerprint density at radius 1 is 1.18 bits per heavy atom. The summed E-state index contributed by atoms with van der Waals surface area (Å²) in [4.78, 5) is 21.2. The van der Waals surface area contributed by atoms with Crippen molar-refractivity contribution in [3.05, 3.63) is 41.4 Å². The normalized spacial score (nSPS) is 20.6. The highest BCUT2D eigenvalue weighted by molar-refractivity contribution is 6.30. The molecule has 1 unspecified atom stereocenters. The van der Waals surface area contributed by atoms with Crippen molar-refractivity contribution in [1.82, 2.24) is 14.8 Å². The van der Waals surface area contributed by atoms with Crippen LogP contribution in [0.5, 0.6) is 0 Å². The molecule has 2 aromatic rings. The van der Waals surface area contributed by atoms with Crippen LogP contribution in [0.3, 0.4) is 0 Å². The number of benzene rings is 1. The fourth-order valence-electron chi connectivity index (χ4n) is 3.80. The maximum Gasteiger partial charge on any atom is 0.223 e. The van der Waals surface area contributed by atoms with Crippen LogP contribution < -0.4 is 0 Å². The van der Waals surface area contributed by atoms with Crippen molar-refractivity contribution in [2.45, 2.75) is 31.8 Å². The number of nitrogens with zero attached hydrogens (tertiary/aromatic N) is 3. The van der Waals surface area contributed by atoms with Gasteiger partial charge in [0.15, 0.2) is 11.7 Å². The molecule has 0 radical (unpaired) electrons. The molecule has 2 aliphatic rings. The van der Waals surface area contributed by atoms with Gasteiger partial charge in [0.25, 0.3) is 0 Å². The summed E-state index contributed by atoms with van der Waals surface area (Å²) in [6.07, 6.45) is 5.35. The zero-order valence-electron chi connectivity index (χ0n) is 16.0. The Morgan fingerprint density at radius 2 is 1.96 bits per heavy atom. The van der Waals surface area contributed by atoms with Gasteiger partial charge in [-0.3, -0.25) is 9.69 Å². The molecule has 150 valence electrons. The largest absolute Gasteiger partial charge is 0.441 e. The van der Waals surface area contributed by atoms with E-state index in [2.05, 4.69) is 9.88 Å². The number of carbonyl (C=O) groups excluding carboxylic acids is 1. The Bertz CT molecular complexity index is 778. The number of carbonyl (C=O) groups is 1. The average molecular weight is 404 g/mol. The van der Waals surface area contributed by atoms with E-state index < -0.39 is 0 Å². The van der Waals surface area contributed by atoms with E-state index in [0.717, 1.165) is 51.3 Å². The van der Waals surface area contributed by atoms with Gasteiger partial charge in [-0.1, -0.05) is 11.6 Å². The monoisotopic (exact) mass is 403 g/mol. The van der Waals surface area contributed by atoms with E-state index in [0.29, 0.717) is 35.6 Å². The number of amides is 1. The number of oxazole rings is 1. The molecule has 4 rings (SSSR count). The Morgan fingerprint density at radius 3 is 2.68 bits per heavy atom. The third-order valence-corrected chi connectivity index (χ3v) is 5.70. The molecule has 28 heavy (non-hydrogen) atoms. The number of hydrogen-bond acceptors (Lipinski definition) is 5. The molecule has 0 bridgehead atoms. The Balaban J connectivity index is 1.22. The van der Waals surface area contributed by atoms with Crippen LogP contribution in [0.2, 0.25) is 5.02 Å². The predicted octanol–water partition coefficient (Wildman–Crippen LogP) is 3.25. The van der Waals surface area contributed by atoms with Crippen molar-refractivity contribution in [1.29, 1.82) is 0 Å². The van der Waals surface area contributed by atoms with E-state index in [-0.39, 0.29) is 5.91 Å². The predicted molar refractivity (Wildman–Crippen MR) is 107 cm³/mol. The maximum atomic E-state index is 12.5. The third-order valence-electron chi connectivity index (χ3n) is 5.45. The lowest BCUT2D eigenvalue weighted by molar-refractivity contribution is -0.133. The molecule has 3 heterocycles. The third kappa shape index (κ3) is 4.93. The minimum Gasteiger partial charge on any atom is -0.441 e. The van der Waals surface area contributed by atoms with Crippen molar-refractivity contribution in [2.75, 3.05) is 39.3 Å². The minimum atomic E-state index is 0.169. The number of aryl methyl sites for hydroxylation is 1. The quantitative estimate of drug-likeness (QED) is 0.741. The van der Waals surface area contributed by atoms with Gasteiger partial charge in [0.05, 0.1) is 12.3 Å². The van der Waals surface area contributed by atoms with Crippen LogP contribution in [0.1, 0.15) is 25.2 Å². The molecule has 2 fully saturated rings. The molecule has 0 saturated carbocycles. The van der Waals surface area contributed by atoms with E-state index >= 15 is 0 Å². The number of aromatic nitrogens is 1. The minimum absolute atomic E-state index is 0.169. The van der Waals surface area contributed by atoms with Crippen LogP contribution in [-0.4, -0.2) is 66.1 Å². The van der Waals surface area contributed by atoms with Crippen LogP contribution in [-0.2, 0) is 16.0 Å². The first-order valence-electron chi connectivity index (χ1n) is 10.00. The fraction of sp³-hybridized carbons (Fsp3) is 0.524. The summed E-state index contributed by atoms with van der Waals surface area (Å²) in [5, 5.41) is 0.685. The number of halogens is 1. The first-order chi connectivity index (χ1) is 13.7. The van der Waals surface area contributed by atoms with E-state index in [9.17, 15) is 4.79 Å². The molecule has 1 aromatic heterocycles. The van der Waals surface area contributed by atoms with E-state index in [1.54, 1.807) is 6.20 Å². The molecule has 6 nitrogen and oxygen atoms in total. The molecular weight excluding hydrogens is 378 g/mol. The Kier molecular flexibility index (Phi) is 6.29. The van der Waals surface area contributed by atoms with Crippen molar-refractivity contribution < 1.29 is 13.9 Å². The van der Waals surface area contributed by atoms with Gasteiger partial charge in [-0.05, 0) is 37.1 Å². The highest BCUT2D eigenvalue weighted by Gasteiger charge is 2.25. The van der Waals surface area contributed by atoms with E-state index in [1.807, 2.05) is 29.2 Å². The topological polar surface area (TPSA) is 58.8 Å². The summed E-state index contributed by atoms with van der Waals surface area (Å²) in [6.45, 7) is 5.30. The second kappa shape index (κ2) is 9.07. The van der Waals surface area contributed by atoms with Crippen LogP contribution in [0.4, 0.5) is 0 Å². The molecule has 1 amide bonds. The van der Waals surface area contributed by atoms with Gasteiger partial charge in [0.1, 0.15) is 0 Å². The summed E-state index contributed by atoms with van der Waals surface area (Å²) in [6, 6.07) is 7.43. The fourth-order valence-corrected chi connectivity index (χ4v) is 3.93. The van der Waals surface area contributed by atoms with Gasteiger partial charge in [-0.2, -0.15) is 0 Å². The highest BCUT2D eigenvalue weighted by Crippen LogP contribution is 2.23. The Hall–Kier alpha value is -1.89. The molecule has 1 aromatic carbocycles. The van der Waals surface area contributed by atoms with Crippen LogP contribution >= 0.6 is 11.6 Å². The van der Waals surface area contributed by atoms with Gasteiger partial charge in [0, 0.05) is 62.8 Å². The lowest BCUT2D eigenvalue weighted by atomic mass is 10.2. The lowest BCUT2D eigenvalue weighted by Gasteiger charge is -2.35. The SMILES string of the molecule is O=C(CCc1ncc(-c2ccc(Cl)cc2)o1)N1CCN(CC2CCCO2)CC1. The van der Waals surface area contributed by atoms with Crippen LogP contribution in [0.25, 0.3) is 11.3 Å². The van der Waals surface area contributed by atoms with Crippen LogP contribution in [0, 0.1) is 0 Å². The lowest BCUT2D eigenvalue weighted by Crippen LogP contribution is -2.50. The summed E-state index contributed by atoms with van der Waals surface area (Å²) in [7, 11) is 0. The van der Waals surface area contributed by atoms with Crippen molar-refractivity contribution in [3.63, 3.8) is 0 Å². The van der Waals surface area contributed by atoms with Gasteiger partial charge >= 0.3 is 0 Å². The molecule has 0 aliphatic carbocycles. The molecule has 1 atom stereocenters. The zero-order chi connectivity index (χ0) is 19.3. The summed E-state index contributed by atoms with van der Waals surface area (Å²) < 4.78 is 11.5. The number of ether oxygens (including phenoxy) is 1. The molecular formula is C21H26ClN3O3. The van der Waals surface area contributed by atoms with E-state index in [4.69, 9.17) is 20.8 Å². The van der Waals surface area contributed by atoms with E-state index in [1.165, 1.54) is 6.42 Å². The smallest absolute Gasteiger partial charge is 0.223 e. The second-order valence-corrected chi connectivity index (χ2v) is 7.88. The number of hydrogen-bond donors (Lipinski definition) is 0. The first-order valence-corrected chi connectivity index (χ1v) is 10.4. The summed E-state index contributed by atoms with van der Waals surface area (Å²) >= 11 is 5.92. The first kappa shape index (κ1) is 19.4. The zero-order valence-corrected chi connectivity index (χ0v) is 16.7. The molecule has 2 saturated heterocycles. The van der Waals surface area contributed by atoms with Gasteiger partial charge in [0.2, 0.25) is 5.91 Å². The van der Waals surface area contributed by atoms with Gasteiger partial charge in [-0.15, -0.1) is 0 Å². The Labute approximate surface area is 170 Å². The maximum absolute atomic E-state index is 12.5. The van der Waals surface area contributed by atoms with Gasteiger partial charge in [-0.25, -0.2) is 4.98 Å². The van der Waals surface area contributed by atoms with Crippen molar-refractivity contribution >= 4 is 17.5 Å². The molecule has 0 N–H and O–H groups in total. The van der Waals surface area contributed by atoms with Crippen molar-refractivity contribution in [3.8, 4) is 11.3 Å². The number of piperazine rings is 1. The molecule has 7 heteroatoms. The van der Waals surface area contributed by atoms with Gasteiger partial charge < -0.3 is 14.1 Å². The average Bonchev–Trinajstić information content (AvgIpc) is 3.39. The second-order valence-electron chi connectivity index (χ2n) is 7.44. The standard InChI is InChI=1S/C21H26ClN3O3/c22-17-5-3-16(4-6-17)19-14-23-20(28-19)7-8-21(26)25-11-9-24(10-12-25)15-18-2-1-13-27-18/h3-6,14,18H,1-2,7-13,15H2. The summed E-state index contributed by atoms with van der Waals surface area (Å²) in [5.74, 6) is 1.46. The molecule has 2 aliphatic heterocycles. The highest BCUT2D eigenvalue weighted by atomic mass is 35.5. The number of rotatable bonds is 6. The molecule has 0 spiro atoms. The van der Waals surface area contributed by atoms with Crippen LogP contribution in [0.15, 0.2) is 34.9 Å². The summed E-state index contributed by atoms with van der Waals surface area (Å²) in [5.41, 5.74) is 0.928.